The molecule has 1 aromatic heterocycles. The van der Waals surface area contributed by atoms with E-state index in [1.807, 2.05) is 26.8 Å². The Morgan fingerprint density at radius 2 is 1.84 bits per heavy atom. The van der Waals surface area contributed by atoms with Crippen LogP contribution < -0.4 is 10.2 Å². The SMILES string of the molecule is CCN1CCN(c2c(CN(C(=O)Nc3ccc([N+](=O)[O-])cc3)C(C)C)c(C)nn2-c2cccc(F)c2)CC1. The Labute approximate surface area is 221 Å². The highest BCUT2D eigenvalue weighted by atomic mass is 19.1. The van der Waals surface area contributed by atoms with Crippen molar-refractivity contribution in [1.29, 1.82) is 0 Å². The van der Waals surface area contributed by atoms with Crippen molar-refractivity contribution in [3.05, 3.63) is 75.7 Å². The number of aryl methyl sites for hydroxylation is 1. The van der Waals surface area contributed by atoms with Crippen LogP contribution in [0.3, 0.4) is 0 Å². The van der Waals surface area contributed by atoms with Crippen molar-refractivity contribution in [3.63, 3.8) is 0 Å². The Kier molecular flexibility index (Phi) is 8.26. The van der Waals surface area contributed by atoms with Gasteiger partial charge in [0.25, 0.3) is 5.69 Å². The van der Waals surface area contributed by atoms with E-state index in [9.17, 15) is 19.3 Å². The van der Waals surface area contributed by atoms with Gasteiger partial charge in [-0.2, -0.15) is 5.10 Å². The van der Waals surface area contributed by atoms with Gasteiger partial charge in [-0.15, -0.1) is 0 Å². The maximum atomic E-state index is 14.2. The molecule has 1 aliphatic rings. The van der Waals surface area contributed by atoms with Crippen LogP contribution in [0.4, 0.5) is 26.4 Å². The first-order chi connectivity index (χ1) is 18.2. The van der Waals surface area contributed by atoms with Crippen LogP contribution >= 0.6 is 0 Å². The largest absolute Gasteiger partial charge is 0.354 e. The number of nitrogens with zero attached hydrogens (tertiary/aromatic N) is 6. The van der Waals surface area contributed by atoms with Crippen molar-refractivity contribution in [2.45, 2.75) is 40.3 Å². The average Bonchev–Trinajstić information content (AvgIpc) is 3.23. The van der Waals surface area contributed by atoms with Gasteiger partial charge in [-0.3, -0.25) is 10.1 Å². The summed E-state index contributed by atoms with van der Waals surface area (Å²) in [6.45, 7) is 12.6. The Bertz CT molecular complexity index is 1280. The number of non-ortho nitro benzene ring substituents is 1. The molecular formula is C27H34FN7O3. The van der Waals surface area contributed by atoms with Crippen molar-refractivity contribution in [1.82, 2.24) is 19.6 Å². The highest BCUT2D eigenvalue weighted by Crippen LogP contribution is 2.31. The molecule has 11 heteroatoms. The van der Waals surface area contributed by atoms with E-state index in [-0.39, 0.29) is 23.6 Å². The molecule has 0 saturated carbocycles. The lowest BCUT2D eigenvalue weighted by molar-refractivity contribution is -0.384. The predicted molar refractivity (Wildman–Crippen MR) is 145 cm³/mol. The molecule has 0 atom stereocenters. The summed E-state index contributed by atoms with van der Waals surface area (Å²) in [4.78, 5) is 30.2. The zero-order valence-corrected chi connectivity index (χ0v) is 22.2. The molecule has 1 fully saturated rings. The first kappa shape index (κ1) is 27.1. The molecule has 0 aliphatic carbocycles. The lowest BCUT2D eigenvalue weighted by atomic mass is 10.1. The van der Waals surface area contributed by atoms with E-state index in [2.05, 4.69) is 22.0 Å². The fraction of sp³-hybridized carbons (Fsp3) is 0.407. The minimum Gasteiger partial charge on any atom is -0.354 e. The second kappa shape index (κ2) is 11.6. The van der Waals surface area contributed by atoms with Gasteiger partial charge >= 0.3 is 6.03 Å². The number of urea groups is 1. The van der Waals surface area contributed by atoms with E-state index in [1.165, 1.54) is 36.4 Å². The Morgan fingerprint density at radius 3 is 2.42 bits per heavy atom. The number of halogens is 1. The van der Waals surface area contributed by atoms with Gasteiger partial charge in [-0.05, 0) is 57.6 Å². The summed E-state index contributed by atoms with van der Waals surface area (Å²) in [5.74, 6) is 0.517. The maximum Gasteiger partial charge on any atom is 0.322 e. The molecule has 0 radical (unpaired) electrons. The molecule has 1 N–H and O–H groups in total. The summed E-state index contributed by atoms with van der Waals surface area (Å²) in [7, 11) is 0. The number of aromatic nitrogens is 2. The summed E-state index contributed by atoms with van der Waals surface area (Å²) >= 11 is 0. The number of rotatable bonds is 8. The zero-order chi connectivity index (χ0) is 27.4. The highest BCUT2D eigenvalue weighted by molar-refractivity contribution is 5.89. The van der Waals surface area contributed by atoms with E-state index in [0.29, 0.717) is 17.9 Å². The molecule has 10 nitrogen and oxygen atoms in total. The smallest absolute Gasteiger partial charge is 0.322 e. The fourth-order valence-electron chi connectivity index (χ4n) is 4.64. The van der Waals surface area contributed by atoms with Crippen LogP contribution in [0.25, 0.3) is 5.69 Å². The van der Waals surface area contributed by atoms with Gasteiger partial charge in [0.05, 0.1) is 22.8 Å². The maximum absolute atomic E-state index is 14.2. The number of amides is 2. The lowest BCUT2D eigenvalue weighted by Crippen LogP contribution is -2.47. The van der Waals surface area contributed by atoms with Crippen LogP contribution in [-0.4, -0.2) is 69.3 Å². The Balaban J connectivity index is 1.66. The number of nitro groups is 1. The molecule has 2 aromatic carbocycles. The number of hydrogen-bond acceptors (Lipinski definition) is 6. The number of likely N-dealkylation sites (N-methyl/N-ethyl adjacent to an activating group) is 1. The standard InChI is InChI=1S/C27H34FN7O3/c1-5-31-13-15-32(16-14-31)26-25(20(4)30-34(26)24-8-6-7-21(28)17-24)18-33(19(2)3)27(36)29-22-9-11-23(12-10-22)35(37)38/h6-12,17,19H,5,13-16,18H2,1-4H3,(H,29,36). The van der Waals surface area contributed by atoms with Gasteiger partial charge in [0.15, 0.2) is 0 Å². The zero-order valence-electron chi connectivity index (χ0n) is 22.2. The number of nitro benzene ring substituents is 1. The number of benzene rings is 2. The Morgan fingerprint density at radius 1 is 1.16 bits per heavy atom. The number of nitrogens with one attached hydrogen (secondary N) is 1. The number of hydrogen-bond donors (Lipinski definition) is 1. The minimum absolute atomic E-state index is 0.0445. The van der Waals surface area contributed by atoms with Crippen LogP contribution in [0.1, 0.15) is 32.0 Å². The third-order valence-corrected chi connectivity index (χ3v) is 6.87. The van der Waals surface area contributed by atoms with Crippen molar-refractivity contribution >= 4 is 23.2 Å². The molecule has 1 saturated heterocycles. The van der Waals surface area contributed by atoms with E-state index >= 15 is 0 Å². The molecule has 0 bridgehead atoms. The first-order valence-electron chi connectivity index (χ1n) is 12.8. The third-order valence-electron chi connectivity index (χ3n) is 6.87. The Hall–Kier alpha value is -3.99. The third kappa shape index (κ3) is 5.94. The van der Waals surface area contributed by atoms with Crippen LogP contribution in [0.15, 0.2) is 48.5 Å². The van der Waals surface area contributed by atoms with Crippen LogP contribution in [0.2, 0.25) is 0 Å². The summed E-state index contributed by atoms with van der Waals surface area (Å²) in [5.41, 5.74) is 2.70. The molecule has 202 valence electrons. The summed E-state index contributed by atoms with van der Waals surface area (Å²) in [6, 6.07) is 11.6. The molecule has 3 aromatic rings. The fourth-order valence-corrected chi connectivity index (χ4v) is 4.64. The second-order valence-corrected chi connectivity index (χ2v) is 9.66. The van der Waals surface area contributed by atoms with Gasteiger partial charge in [0.2, 0.25) is 0 Å². The van der Waals surface area contributed by atoms with E-state index in [0.717, 1.165) is 49.8 Å². The average molecular weight is 524 g/mol. The monoisotopic (exact) mass is 523 g/mol. The van der Waals surface area contributed by atoms with Crippen molar-refractivity contribution in [3.8, 4) is 5.69 Å². The number of piperazine rings is 1. The topological polar surface area (TPSA) is 99.8 Å². The van der Waals surface area contributed by atoms with Crippen LogP contribution in [0, 0.1) is 22.9 Å². The van der Waals surface area contributed by atoms with Gasteiger partial charge in [0, 0.05) is 55.6 Å². The van der Waals surface area contributed by atoms with Crippen molar-refractivity contribution < 1.29 is 14.1 Å². The number of carbonyl (C=O) groups is 1. The van der Waals surface area contributed by atoms with E-state index in [1.54, 1.807) is 15.6 Å². The molecule has 0 unspecified atom stereocenters. The van der Waals surface area contributed by atoms with Gasteiger partial charge in [-0.25, -0.2) is 13.9 Å². The molecule has 4 rings (SSSR count). The molecule has 38 heavy (non-hydrogen) atoms. The number of carbonyl (C=O) groups excluding carboxylic acids is 1. The number of anilines is 2. The van der Waals surface area contributed by atoms with Gasteiger partial charge in [-0.1, -0.05) is 13.0 Å². The first-order valence-corrected chi connectivity index (χ1v) is 12.8. The minimum atomic E-state index is -0.479. The van der Waals surface area contributed by atoms with Gasteiger partial charge < -0.3 is 20.0 Å². The van der Waals surface area contributed by atoms with Crippen LogP contribution in [-0.2, 0) is 6.54 Å². The summed E-state index contributed by atoms with van der Waals surface area (Å²) < 4.78 is 15.9. The second-order valence-electron chi connectivity index (χ2n) is 9.66. The molecule has 0 spiro atoms. The summed E-state index contributed by atoms with van der Waals surface area (Å²) in [5, 5.41) is 18.6. The quantitative estimate of drug-likeness (QED) is 0.336. The van der Waals surface area contributed by atoms with Crippen molar-refractivity contribution in [2.24, 2.45) is 0 Å². The molecular weight excluding hydrogens is 489 g/mol. The van der Waals surface area contributed by atoms with Crippen molar-refractivity contribution in [2.75, 3.05) is 42.9 Å². The molecule has 1 aliphatic heterocycles. The summed E-state index contributed by atoms with van der Waals surface area (Å²) in [6.07, 6.45) is 0. The lowest BCUT2D eigenvalue weighted by Gasteiger charge is -2.36. The van der Waals surface area contributed by atoms with E-state index in [4.69, 9.17) is 5.10 Å². The van der Waals surface area contributed by atoms with Crippen LogP contribution in [0.5, 0.6) is 0 Å². The van der Waals surface area contributed by atoms with Gasteiger partial charge in [0.1, 0.15) is 11.6 Å². The molecule has 2 heterocycles. The highest BCUT2D eigenvalue weighted by Gasteiger charge is 2.28. The predicted octanol–water partition coefficient (Wildman–Crippen LogP) is 4.81. The normalized spacial score (nSPS) is 14.1. The van der Waals surface area contributed by atoms with E-state index < -0.39 is 4.92 Å². The molecule has 2 amide bonds.